The van der Waals surface area contributed by atoms with Gasteiger partial charge in [0.15, 0.2) is 0 Å². The lowest BCUT2D eigenvalue weighted by atomic mass is 9.69. The Hall–Kier alpha value is -1.31. The van der Waals surface area contributed by atoms with Crippen molar-refractivity contribution in [3.05, 3.63) is 29.8 Å². The Morgan fingerprint density at radius 1 is 1.00 bits per heavy atom. The highest BCUT2D eigenvalue weighted by atomic mass is 16.5. The lowest BCUT2D eigenvalue weighted by Gasteiger charge is -2.37. The van der Waals surface area contributed by atoms with E-state index in [1.54, 1.807) is 0 Å². The molecule has 0 saturated heterocycles. The van der Waals surface area contributed by atoms with E-state index in [0.717, 1.165) is 36.2 Å². The largest absolute Gasteiger partial charge is 0.426 e. The third-order valence-electron chi connectivity index (χ3n) is 6.57. The van der Waals surface area contributed by atoms with Crippen LogP contribution in [0.3, 0.4) is 0 Å². The first kappa shape index (κ1) is 18.5. The zero-order valence-corrected chi connectivity index (χ0v) is 16.0. The van der Waals surface area contributed by atoms with Crippen LogP contribution in [0.25, 0.3) is 0 Å². The van der Waals surface area contributed by atoms with Gasteiger partial charge in [-0.3, -0.25) is 4.79 Å². The molecule has 2 nitrogen and oxygen atoms in total. The van der Waals surface area contributed by atoms with E-state index in [1.165, 1.54) is 51.4 Å². The summed E-state index contributed by atoms with van der Waals surface area (Å²) in [6.07, 6.45) is 13.0. The van der Waals surface area contributed by atoms with Crippen LogP contribution in [0.2, 0.25) is 0 Å². The van der Waals surface area contributed by atoms with E-state index in [1.807, 2.05) is 31.2 Å². The Balaban J connectivity index is 1.43. The van der Waals surface area contributed by atoms with Gasteiger partial charge >= 0.3 is 5.97 Å². The third kappa shape index (κ3) is 5.09. The lowest BCUT2D eigenvalue weighted by molar-refractivity contribution is -0.140. The molecule has 0 unspecified atom stereocenters. The van der Waals surface area contributed by atoms with Gasteiger partial charge in [0.25, 0.3) is 0 Å². The Morgan fingerprint density at radius 3 is 2.24 bits per heavy atom. The number of carbonyl (C=O) groups excluding carboxylic acids is 1. The van der Waals surface area contributed by atoms with Crippen molar-refractivity contribution in [3.63, 3.8) is 0 Å². The van der Waals surface area contributed by atoms with Crippen LogP contribution in [-0.2, 0) is 4.79 Å². The van der Waals surface area contributed by atoms with E-state index in [0.29, 0.717) is 5.75 Å². The molecule has 1 aromatic carbocycles. The zero-order valence-electron chi connectivity index (χ0n) is 16.0. The molecule has 0 aromatic heterocycles. The molecule has 2 saturated carbocycles. The monoisotopic (exact) mass is 342 g/mol. The predicted molar refractivity (Wildman–Crippen MR) is 103 cm³/mol. The molecule has 0 bridgehead atoms. The van der Waals surface area contributed by atoms with Crippen molar-refractivity contribution in [1.82, 2.24) is 0 Å². The summed E-state index contributed by atoms with van der Waals surface area (Å²) in [5.74, 6) is 3.54. The summed E-state index contributed by atoms with van der Waals surface area (Å²) in [4.78, 5) is 12.5. The second kappa shape index (κ2) is 8.87. The van der Waals surface area contributed by atoms with Crippen LogP contribution in [0, 0.1) is 30.6 Å². The number of ether oxygens (including phenoxy) is 1. The van der Waals surface area contributed by atoms with Gasteiger partial charge in [0, 0.05) is 0 Å². The van der Waals surface area contributed by atoms with Gasteiger partial charge in [-0.1, -0.05) is 44.7 Å². The third-order valence-corrected chi connectivity index (χ3v) is 6.57. The van der Waals surface area contributed by atoms with Crippen LogP contribution in [-0.4, -0.2) is 5.97 Å². The first-order valence-electron chi connectivity index (χ1n) is 10.4. The highest BCUT2D eigenvalue weighted by molar-refractivity contribution is 5.75. The molecule has 2 heteroatoms. The molecule has 0 radical (unpaired) electrons. The average molecular weight is 343 g/mol. The van der Waals surface area contributed by atoms with Crippen molar-refractivity contribution < 1.29 is 9.53 Å². The molecular weight excluding hydrogens is 308 g/mol. The van der Waals surface area contributed by atoms with Crippen molar-refractivity contribution in [2.45, 2.75) is 78.1 Å². The number of hydrogen-bond donors (Lipinski definition) is 0. The Bertz CT molecular complexity index is 549. The predicted octanol–water partition coefficient (Wildman–Crippen LogP) is 6.31. The summed E-state index contributed by atoms with van der Waals surface area (Å²) in [6, 6.07) is 7.80. The molecule has 0 spiro atoms. The van der Waals surface area contributed by atoms with Gasteiger partial charge in [-0.25, -0.2) is 0 Å². The zero-order chi connectivity index (χ0) is 17.6. The minimum Gasteiger partial charge on any atom is -0.426 e. The lowest BCUT2D eigenvalue weighted by Crippen LogP contribution is -2.30. The highest BCUT2D eigenvalue weighted by Crippen LogP contribution is 2.42. The quantitative estimate of drug-likeness (QED) is 0.463. The molecule has 25 heavy (non-hydrogen) atoms. The van der Waals surface area contributed by atoms with Crippen molar-refractivity contribution >= 4 is 5.97 Å². The molecule has 0 amide bonds. The molecule has 3 rings (SSSR count). The van der Waals surface area contributed by atoms with Gasteiger partial charge in [0.1, 0.15) is 5.75 Å². The van der Waals surface area contributed by atoms with E-state index >= 15 is 0 Å². The van der Waals surface area contributed by atoms with Crippen LogP contribution in [0.4, 0.5) is 0 Å². The first-order valence-corrected chi connectivity index (χ1v) is 10.4. The summed E-state index contributed by atoms with van der Waals surface area (Å²) in [5, 5.41) is 0. The summed E-state index contributed by atoms with van der Waals surface area (Å²) in [7, 11) is 0. The van der Waals surface area contributed by atoms with Crippen LogP contribution in [0.15, 0.2) is 24.3 Å². The topological polar surface area (TPSA) is 26.3 Å². The molecule has 0 N–H and O–H groups in total. The standard InChI is InChI=1S/C23H34O2/c1-3-5-18-8-10-19(11-9-18)20-12-14-21(15-13-20)23(24)25-22-7-4-6-17(2)16-22/h4,6-7,16,18-21H,3,5,8-15H2,1-2H3/t18-,19-,20?,21?. The first-order chi connectivity index (χ1) is 12.2. The van der Waals surface area contributed by atoms with Gasteiger partial charge in [-0.15, -0.1) is 0 Å². The van der Waals surface area contributed by atoms with Gasteiger partial charge in [0.05, 0.1) is 5.92 Å². The molecule has 1 aromatic rings. The summed E-state index contributed by atoms with van der Waals surface area (Å²) < 4.78 is 5.62. The maximum Gasteiger partial charge on any atom is 0.314 e. The molecule has 2 fully saturated rings. The second-order valence-electron chi connectivity index (χ2n) is 8.42. The fraction of sp³-hybridized carbons (Fsp3) is 0.696. The van der Waals surface area contributed by atoms with Crippen LogP contribution >= 0.6 is 0 Å². The summed E-state index contributed by atoms with van der Waals surface area (Å²) in [5.41, 5.74) is 1.13. The van der Waals surface area contributed by atoms with E-state index in [2.05, 4.69) is 6.92 Å². The molecule has 0 heterocycles. The van der Waals surface area contributed by atoms with Crippen molar-refractivity contribution in [1.29, 1.82) is 0 Å². The van der Waals surface area contributed by atoms with Crippen LogP contribution in [0.1, 0.15) is 76.7 Å². The molecular formula is C23H34O2. The molecule has 2 aliphatic carbocycles. The van der Waals surface area contributed by atoms with Crippen LogP contribution in [0.5, 0.6) is 5.75 Å². The minimum atomic E-state index is -0.0179. The van der Waals surface area contributed by atoms with E-state index in [4.69, 9.17) is 4.74 Å². The fourth-order valence-electron chi connectivity index (χ4n) is 5.06. The van der Waals surface area contributed by atoms with Gasteiger partial charge in [0.2, 0.25) is 0 Å². The second-order valence-corrected chi connectivity index (χ2v) is 8.42. The SMILES string of the molecule is CCC[C@H]1CC[C@H](C2CCC(C(=O)Oc3cccc(C)c3)CC2)CC1. The van der Waals surface area contributed by atoms with E-state index < -0.39 is 0 Å². The van der Waals surface area contributed by atoms with Gasteiger partial charge in [-0.2, -0.15) is 0 Å². The summed E-state index contributed by atoms with van der Waals surface area (Å²) in [6.45, 7) is 4.33. The van der Waals surface area contributed by atoms with Crippen LogP contribution < -0.4 is 4.74 Å². The maximum atomic E-state index is 12.5. The number of aryl methyl sites for hydroxylation is 1. The Kier molecular flexibility index (Phi) is 6.56. The number of benzene rings is 1. The summed E-state index contributed by atoms with van der Waals surface area (Å²) >= 11 is 0. The van der Waals surface area contributed by atoms with Crippen molar-refractivity contribution in [2.24, 2.45) is 23.7 Å². The number of esters is 1. The molecule has 2 aliphatic rings. The average Bonchev–Trinajstić information content (AvgIpc) is 2.63. The smallest absolute Gasteiger partial charge is 0.314 e. The van der Waals surface area contributed by atoms with E-state index in [9.17, 15) is 4.79 Å². The normalized spacial score (nSPS) is 30.0. The Labute approximate surface area is 153 Å². The van der Waals surface area contributed by atoms with E-state index in [-0.39, 0.29) is 11.9 Å². The highest BCUT2D eigenvalue weighted by Gasteiger charge is 2.33. The minimum absolute atomic E-state index is 0.0179. The van der Waals surface area contributed by atoms with Crippen molar-refractivity contribution in [3.8, 4) is 5.75 Å². The Morgan fingerprint density at radius 2 is 1.64 bits per heavy atom. The number of carbonyl (C=O) groups is 1. The van der Waals surface area contributed by atoms with Gasteiger partial charge < -0.3 is 4.74 Å². The molecule has 0 atom stereocenters. The maximum absolute atomic E-state index is 12.5. The number of rotatable bonds is 5. The molecule has 138 valence electrons. The fourth-order valence-corrected chi connectivity index (χ4v) is 5.06. The molecule has 0 aliphatic heterocycles. The van der Waals surface area contributed by atoms with Crippen molar-refractivity contribution in [2.75, 3.05) is 0 Å². The van der Waals surface area contributed by atoms with Gasteiger partial charge in [-0.05, 0) is 80.9 Å². The number of hydrogen-bond acceptors (Lipinski definition) is 2.